The fourth-order valence-corrected chi connectivity index (χ4v) is 1.07. The van der Waals surface area contributed by atoms with E-state index in [1.165, 1.54) is 0 Å². The summed E-state index contributed by atoms with van der Waals surface area (Å²) in [4.78, 5) is 3.90. The molecule has 0 aliphatic rings. The average molecular weight is 209 g/mol. The van der Waals surface area contributed by atoms with E-state index in [4.69, 9.17) is 15.6 Å². The summed E-state index contributed by atoms with van der Waals surface area (Å²) in [6.45, 7) is 0.701. The Hall–Kier alpha value is -1.98. The summed E-state index contributed by atoms with van der Waals surface area (Å²) in [7, 11) is 1.62. The van der Waals surface area contributed by atoms with Crippen LogP contribution in [0.3, 0.4) is 0 Å². The van der Waals surface area contributed by atoms with E-state index in [0.29, 0.717) is 12.5 Å². The smallest absolute Gasteiger partial charge is 0.197 e. The first-order valence-electron chi connectivity index (χ1n) is 4.55. The Morgan fingerprint density at radius 2 is 2.47 bits per heavy atom. The van der Waals surface area contributed by atoms with Gasteiger partial charge in [0.25, 0.3) is 0 Å². The van der Waals surface area contributed by atoms with E-state index in [-0.39, 0.29) is 5.96 Å². The third-order valence-corrected chi connectivity index (χ3v) is 1.76. The van der Waals surface area contributed by atoms with Crippen LogP contribution in [0.5, 0.6) is 0 Å². The number of aliphatic imine (C=N–C) groups is 1. The second-order valence-corrected chi connectivity index (χ2v) is 2.92. The van der Waals surface area contributed by atoms with E-state index in [1.807, 2.05) is 6.07 Å². The van der Waals surface area contributed by atoms with Crippen LogP contribution in [-0.2, 0) is 6.42 Å². The molecule has 82 valence electrons. The highest BCUT2D eigenvalue weighted by Crippen LogP contribution is 1.99. The van der Waals surface area contributed by atoms with Crippen molar-refractivity contribution in [2.45, 2.75) is 6.42 Å². The molecule has 6 heteroatoms. The molecule has 0 saturated heterocycles. The molecule has 0 aliphatic heterocycles. The molecule has 1 aromatic heterocycles. The largest absolute Gasteiger partial charge is 0.472 e. The molecule has 0 amide bonds. The van der Waals surface area contributed by atoms with Gasteiger partial charge in [-0.25, -0.2) is 0 Å². The predicted octanol–water partition coefficient (Wildman–Crippen LogP) is -0.119. The van der Waals surface area contributed by atoms with E-state index in [9.17, 15) is 0 Å². The van der Waals surface area contributed by atoms with Gasteiger partial charge < -0.3 is 15.5 Å². The van der Waals surface area contributed by atoms with Crippen molar-refractivity contribution in [1.29, 1.82) is 5.41 Å². The molecule has 0 aromatic carbocycles. The Labute approximate surface area is 88.1 Å². The standard InChI is InChI=1S/C9H15N5O/c1-12-9(14-8(10)11)13-4-2-7-3-5-15-6-7/h3,5-6H,2,4H2,1H3,(H5,10,11,12,13,14). The van der Waals surface area contributed by atoms with Crippen LogP contribution >= 0.6 is 0 Å². The first kappa shape index (κ1) is 11.1. The minimum absolute atomic E-state index is 0.133. The maximum absolute atomic E-state index is 7.03. The number of furan rings is 1. The molecule has 0 atom stereocenters. The van der Waals surface area contributed by atoms with Crippen molar-refractivity contribution in [2.75, 3.05) is 13.6 Å². The summed E-state index contributed by atoms with van der Waals surface area (Å²) in [5, 5.41) is 12.6. The van der Waals surface area contributed by atoms with Gasteiger partial charge in [0.2, 0.25) is 0 Å². The van der Waals surface area contributed by atoms with Crippen LogP contribution in [-0.4, -0.2) is 25.5 Å². The lowest BCUT2D eigenvalue weighted by molar-refractivity contribution is 0.563. The van der Waals surface area contributed by atoms with Crippen molar-refractivity contribution < 1.29 is 4.42 Å². The Morgan fingerprint density at radius 1 is 1.67 bits per heavy atom. The topological polar surface area (TPSA) is 99.4 Å². The Morgan fingerprint density at radius 3 is 3.00 bits per heavy atom. The minimum atomic E-state index is -0.133. The fraction of sp³-hybridized carbons (Fsp3) is 0.333. The Balaban J connectivity index is 2.26. The average Bonchev–Trinajstić information content (AvgIpc) is 2.68. The number of hydrogen-bond donors (Lipinski definition) is 4. The lowest BCUT2D eigenvalue weighted by atomic mass is 10.2. The molecule has 15 heavy (non-hydrogen) atoms. The summed E-state index contributed by atoms with van der Waals surface area (Å²) in [5.74, 6) is 0.359. The number of rotatable bonds is 3. The van der Waals surface area contributed by atoms with Crippen LogP contribution in [0.2, 0.25) is 0 Å². The summed E-state index contributed by atoms with van der Waals surface area (Å²) in [6.07, 6.45) is 4.16. The summed E-state index contributed by atoms with van der Waals surface area (Å²) < 4.78 is 4.94. The van der Waals surface area contributed by atoms with Crippen molar-refractivity contribution in [3.8, 4) is 0 Å². The number of nitrogens with one attached hydrogen (secondary N) is 3. The Kier molecular flexibility index (Phi) is 4.21. The third kappa shape index (κ3) is 4.17. The van der Waals surface area contributed by atoms with Gasteiger partial charge >= 0.3 is 0 Å². The van der Waals surface area contributed by atoms with E-state index < -0.39 is 0 Å². The molecule has 1 rings (SSSR count). The van der Waals surface area contributed by atoms with Crippen LogP contribution in [0, 0.1) is 5.41 Å². The number of hydrogen-bond acceptors (Lipinski definition) is 3. The maximum Gasteiger partial charge on any atom is 0.197 e. The van der Waals surface area contributed by atoms with Gasteiger partial charge in [-0.15, -0.1) is 0 Å². The Bertz CT molecular complexity index is 330. The van der Waals surface area contributed by atoms with Crippen molar-refractivity contribution in [2.24, 2.45) is 10.7 Å². The zero-order valence-corrected chi connectivity index (χ0v) is 8.58. The lowest BCUT2D eigenvalue weighted by Gasteiger charge is -2.09. The minimum Gasteiger partial charge on any atom is -0.472 e. The van der Waals surface area contributed by atoms with Gasteiger partial charge in [0, 0.05) is 13.6 Å². The van der Waals surface area contributed by atoms with Crippen LogP contribution in [0.1, 0.15) is 5.56 Å². The molecular weight excluding hydrogens is 194 g/mol. The zero-order valence-electron chi connectivity index (χ0n) is 8.58. The molecule has 0 spiro atoms. The molecule has 0 aliphatic carbocycles. The van der Waals surface area contributed by atoms with Gasteiger partial charge in [-0.3, -0.25) is 15.7 Å². The molecule has 0 saturated carbocycles. The normalized spacial score (nSPS) is 11.1. The van der Waals surface area contributed by atoms with E-state index in [1.54, 1.807) is 19.6 Å². The van der Waals surface area contributed by atoms with Gasteiger partial charge in [0.05, 0.1) is 12.5 Å². The van der Waals surface area contributed by atoms with Gasteiger partial charge in [0.15, 0.2) is 11.9 Å². The van der Waals surface area contributed by atoms with Gasteiger partial charge in [-0.1, -0.05) is 0 Å². The highest BCUT2D eigenvalue weighted by molar-refractivity contribution is 5.96. The molecule has 1 heterocycles. The highest BCUT2D eigenvalue weighted by atomic mass is 16.3. The summed E-state index contributed by atoms with van der Waals surface area (Å²) in [5.41, 5.74) is 6.28. The summed E-state index contributed by atoms with van der Waals surface area (Å²) >= 11 is 0. The molecule has 5 N–H and O–H groups in total. The highest BCUT2D eigenvalue weighted by Gasteiger charge is 1.98. The fourth-order valence-electron chi connectivity index (χ4n) is 1.07. The van der Waals surface area contributed by atoms with Gasteiger partial charge in [0.1, 0.15) is 0 Å². The van der Waals surface area contributed by atoms with E-state index in [0.717, 1.165) is 12.0 Å². The molecule has 0 radical (unpaired) electrons. The molecule has 0 unspecified atom stereocenters. The number of guanidine groups is 2. The molecule has 1 aromatic rings. The molecule has 0 bridgehead atoms. The first-order chi connectivity index (χ1) is 7.22. The lowest BCUT2D eigenvalue weighted by Crippen LogP contribution is -2.44. The van der Waals surface area contributed by atoms with Crippen LogP contribution in [0.15, 0.2) is 28.0 Å². The van der Waals surface area contributed by atoms with Crippen molar-refractivity contribution in [3.05, 3.63) is 24.2 Å². The summed E-state index contributed by atoms with van der Waals surface area (Å²) in [6, 6.07) is 1.91. The van der Waals surface area contributed by atoms with Crippen LogP contribution in [0.25, 0.3) is 0 Å². The van der Waals surface area contributed by atoms with Crippen molar-refractivity contribution >= 4 is 11.9 Å². The van der Waals surface area contributed by atoms with Crippen molar-refractivity contribution in [1.82, 2.24) is 10.6 Å². The second-order valence-electron chi connectivity index (χ2n) is 2.92. The number of nitrogens with zero attached hydrogens (tertiary/aromatic N) is 1. The van der Waals surface area contributed by atoms with E-state index >= 15 is 0 Å². The molecule has 6 nitrogen and oxygen atoms in total. The van der Waals surface area contributed by atoms with Crippen molar-refractivity contribution in [3.63, 3.8) is 0 Å². The van der Waals surface area contributed by atoms with Gasteiger partial charge in [-0.2, -0.15) is 0 Å². The quantitative estimate of drug-likeness (QED) is 0.412. The SMILES string of the molecule is C/N=C(/NCCc1ccoc1)NC(=N)N. The third-order valence-electron chi connectivity index (χ3n) is 1.76. The monoisotopic (exact) mass is 209 g/mol. The van der Waals surface area contributed by atoms with Crippen LogP contribution in [0.4, 0.5) is 0 Å². The van der Waals surface area contributed by atoms with E-state index in [2.05, 4.69) is 15.6 Å². The molecular formula is C9H15N5O. The predicted molar refractivity (Wildman–Crippen MR) is 58.8 cm³/mol. The number of nitrogens with two attached hydrogens (primary N) is 1. The maximum atomic E-state index is 7.03. The zero-order chi connectivity index (χ0) is 11.1. The van der Waals surface area contributed by atoms with Gasteiger partial charge in [-0.05, 0) is 18.1 Å². The second kappa shape index (κ2) is 5.69. The van der Waals surface area contributed by atoms with Crippen LogP contribution < -0.4 is 16.4 Å². The molecule has 0 fully saturated rings. The first-order valence-corrected chi connectivity index (χ1v) is 4.55.